The molecule has 2 fully saturated rings. The number of fused-ring (bicyclic) bond motifs is 1. The second-order valence-corrected chi connectivity index (χ2v) is 9.88. The molecule has 0 radical (unpaired) electrons. The van der Waals surface area contributed by atoms with Gasteiger partial charge < -0.3 is 26.0 Å². The summed E-state index contributed by atoms with van der Waals surface area (Å²) < 4.78 is 1.03. The van der Waals surface area contributed by atoms with Gasteiger partial charge in [0.1, 0.15) is 22.4 Å². The number of aryl methyl sites for hydroxylation is 2. The van der Waals surface area contributed by atoms with Crippen molar-refractivity contribution in [3.8, 4) is 10.6 Å². The Morgan fingerprint density at radius 2 is 1.91 bits per heavy atom. The Hall–Kier alpha value is -2.40. The molecule has 32 heavy (non-hydrogen) atoms. The summed E-state index contributed by atoms with van der Waals surface area (Å²) in [4.78, 5) is 18.6. The normalized spacial score (nSPS) is 25.8. The van der Waals surface area contributed by atoms with E-state index < -0.39 is 18.2 Å². The van der Waals surface area contributed by atoms with Crippen molar-refractivity contribution < 1.29 is 15.3 Å². The number of aliphatic hydroxyl groups excluding tert-OH is 3. The number of aromatic nitrogens is 4. The summed E-state index contributed by atoms with van der Waals surface area (Å²) in [7, 11) is 0. The summed E-state index contributed by atoms with van der Waals surface area (Å²) in [6.45, 7) is 3.70. The molecule has 3 aromatic heterocycles. The van der Waals surface area contributed by atoms with E-state index in [0.717, 1.165) is 45.0 Å². The van der Waals surface area contributed by atoms with Crippen LogP contribution in [0.2, 0.25) is 0 Å². The minimum Gasteiger partial charge on any atom is -0.396 e. The Balaban J connectivity index is 1.55. The fraction of sp³-hybridized carbons (Fsp3) is 0.545. The molecule has 0 amide bonds. The molecular formula is C22H28N6O3S. The van der Waals surface area contributed by atoms with Crippen molar-refractivity contribution in [3.05, 3.63) is 23.7 Å². The van der Waals surface area contributed by atoms with Gasteiger partial charge in [0, 0.05) is 24.3 Å². The van der Waals surface area contributed by atoms with Crippen LogP contribution in [0, 0.1) is 19.8 Å². The SMILES string of the molecule is Cc1cc2sc(-c3c(C)nc(NC4CCC4)nc3N[C@@H]3C[C@H](CO)[C@@H](O)[C@H]3O)nc2cn1. The Labute approximate surface area is 190 Å². The number of nitrogens with zero attached hydrogens (tertiary/aromatic N) is 4. The maximum absolute atomic E-state index is 10.6. The summed E-state index contributed by atoms with van der Waals surface area (Å²) in [5.74, 6) is 0.736. The lowest BCUT2D eigenvalue weighted by Gasteiger charge is -2.27. The van der Waals surface area contributed by atoms with Crippen LogP contribution in [0.3, 0.4) is 0 Å². The number of thiazole rings is 1. The van der Waals surface area contributed by atoms with E-state index in [4.69, 9.17) is 15.0 Å². The van der Waals surface area contributed by atoms with E-state index in [-0.39, 0.29) is 12.5 Å². The standard InChI is InChI=1S/C22H28N6O3S/c1-10-6-16-15(8-23-10)27-21(32-16)17-11(2)24-22(25-13-4-3-5-13)28-20(17)26-14-7-12(9-29)18(30)19(14)31/h6,8,12-14,18-19,29-31H,3-5,7,9H2,1-2H3,(H2,24,25,26,28)/t12-,14-,18-,19+/m1/s1. The quantitative estimate of drug-likeness (QED) is 0.378. The van der Waals surface area contributed by atoms with E-state index in [1.54, 1.807) is 17.5 Å². The van der Waals surface area contributed by atoms with E-state index in [1.165, 1.54) is 6.42 Å². The molecule has 0 aliphatic heterocycles. The summed E-state index contributed by atoms with van der Waals surface area (Å²) >= 11 is 1.55. The Morgan fingerprint density at radius 1 is 1.09 bits per heavy atom. The van der Waals surface area contributed by atoms with Gasteiger partial charge in [0.05, 0.1) is 34.3 Å². The third-order valence-electron chi connectivity index (χ3n) is 6.51. The average Bonchev–Trinajstić information content (AvgIpc) is 3.25. The first kappa shape index (κ1) is 21.4. The van der Waals surface area contributed by atoms with Gasteiger partial charge in [-0.1, -0.05) is 0 Å². The molecule has 0 unspecified atom stereocenters. The van der Waals surface area contributed by atoms with E-state index in [1.807, 2.05) is 19.9 Å². The average molecular weight is 457 g/mol. The van der Waals surface area contributed by atoms with Crippen LogP contribution in [0.1, 0.15) is 37.1 Å². The number of nitrogens with one attached hydrogen (secondary N) is 2. The van der Waals surface area contributed by atoms with Gasteiger partial charge in [0.25, 0.3) is 0 Å². The molecule has 2 saturated carbocycles. The highest BCUT2D eigenvalue weighted by Crippen LogP contribution is 2.38. The molecule has 9 nitrogen and oxygen atoms in total. The predicted molar refractivity (Wildman–Crippen MR) is 124 cm³/mol. The second-order valence-electron chi connectivity index (χ2n) is 8.85. The van der Waals surface area contributed by atoms with Crippen LogP contribution in [0.25, 0.3) is 20.8 Å². The molecule has 4 atom stereocenters. The van der Waals surface area contributed by atoms with Crippen LogP contribution in [-0.2, 0) is 0 Å². The second kappa shape index (κ2) is 8.51. The predicted octanol–water partition coefficient (Wildman–Crippen LogP) is 2.24. The molecular weight excluding hydrogens is 428 g/mol. The van der Waals surface area contributed by atoms with Gasteiger partial charge in [-0.3, -0.25) is 4.98 Å². The number of hydrogen-bond acceptors (Lipinski definition) is 10. The summed E-state index contributed by atoms with van der Waals surface area (Å²) in [5, 5.41) is 37.9. The van der Waals surface area contributed by atoms with Crippen LogP contribution in [0.15, 0.2) is 12.3 Å². The first-order valence-electron chi connectivity index (χ1n) is 11.0. The van der Waals surface area contributed by atoms with Crippen LogP contribution >= 0.6 is 11.3 Å². The molecule has 5 N–H and O–H groups in total. The zero-order valence-electron chi connectivity index (χ0n) is 18.1. The van der Waals surface area contributed by atoms with Crippen molar-refractivity contribution in [2.24, 2.45) is 5.92 Å². The number of hydrogen-bond donors (Lipinski definition) is 5. The molecule has 170 valence electrons. The van der Waals surface area contributed by atoms with Crippen molar-refractivity contribution >= 4 is 33.3 Å². The Bertz CT molecular complexity index is 1130. The molecule has 0 aromatic carbocycles. The minimum absolute atomic E-state index is 0.176. The zero-order valence-corrected chi connectivity index (χ0v) is 18.9. The van der Waals surface area contributed by atoms with Gasteiger partial charge in [-0.2, -0.15) is 4.98 Å². The minimum atomic E-state index is -1.000. The highest BCUT2D eigenvalue weighted by atomic mass is 32.1. The topological polar surface area (TPSA) is 136 Å². The molecule has 2 aliphatic carbocycles. The molecule has 5 rings (SSSR count). The van der Waals surface area contributed by atoms with Crippen molar-refractivity contribution in [2.75, 3.05) is 17.2 Å². The third kappa shape index (κ3) is 3.92. The lowest BCUT2D eigenvalue weighted by molar-refractivity contribution is 0.00446. The van der Waals surface area contributed by atoms with Gasteiger partial charge in [0.15, 0.2) is 0 Å². The van der Waals surface area contributed by atoms with Gasteiger partial charge in [-0.25, -0.2) is 9.97 Å². The van der Waals surface area contributed by atoms with Crippen LogP contribution in [0.5, 0.6) is 0 Å². The number of rotatable bonds is 6. The van der Waals surface area contributed by atoms with Crippen molar-refractivity contribution in [2.45, 2.75) is 63.8 Å². The lowest BCUT2D eigenvalue weighted by atomic mass is 9.93. The maximum atomic E-state index is 10.6. The number of pyridine rings is 1. The van der Waals surface area contributed by atoms with E-state index in [0.29, 0.717) is 24.2 Å². The molecule has 10 heteroatoms. The Morgan fingerprint density at radius 3 is 2.59 bits per heavy atom. The van der Waals surface area contributed by atoms with E-state index in [9.17, 15) is 15.3 Å². The number of aliphatic hydroxyl groups is 3. The van der Waals surface area contributed by atoms with Gasteiger partial charge in [0.2, 0.25) is 5.95 Å². The van der Waals surface area contributed by atoms with E-state index >= 15 is 0 Å². The first-order chi connectivity index (χ1) is 15.4. The first-order valence-corrected chi connectivity index (χ1v) is 11.9. The largest absolute Gasteiger partial charge is 0.396 e. The van der Waals surface area contributed by atoms with Gasteiger partial charge in [-0.15, -0.1) is 11.3 Å². The van der Waals surface area contributed by atoms with Gasteiger partial charge >= 0.3 is 0 Å². The molecule has 3 heterocycles. The highest BCUT2D eigenvalue weighted by molar-refractivity contribution is 7.21. The fourth-order valence-electron chi connectivity index (χ4n) is 4.39. The molecule has 3 aromatic rings. The molecule has 0 bridgehead atoms. The highest BCUT2D eigenvalue weighted by Gasteiger charge is 2.41. The zero-order chi connectivity index (χ0) is 22.4. The third-order valence-corrected chi connectivity index (χ3v) is 7.55. The Kier molecular flexibility index (Phi) is 5.70. The van der Waals surface area contributed by atoms with Crippen molar-refractivity contribution in [1.29, 1.82) is 0 Å². The summed E-state index contributed by atoms with van der Waals surface area (Å²) in [5.41, 5.74) is 3.29. The van der Waals surface area contributed by atoms with Crippen LogP contribution < -0.4 is 10.6 Å². The fourth-order valence-corrected chi connectivity index (χ4v) is 5.53. The maximum Gasteiger partial charge on any atom is 0.225 e. The lowest BCUT2D eigenvalue weighted by Crippen LogP contribution is -2.36. The molecule has 0 saturated heterocycles. The van der Waals surface area contributed by atoms with Crippen LogP contribution in [-0.4, -0.2) is 66.2 Å². The van der Waals surface area contributed by atoms with Gasteiger partial charge in [-0.05, 0) is 45.6 Å². The smallest absolute Gasteiger partial charge is 0.225 e. The number of anilines is 2. The van der Waals surface area contributed by atoms with Crippen LogP contribution in [0.4, 0.5) is 11.8 Å². The van der Waals surface area contributed by atoms with Crippen molar-refractivity contribution in [1.82, 2.24) is 19.9 Å². The van der Waals surface area contributed by atoms with E-state index in [2.05, 4.69) is 15.6 Å². The molecule has 0 spiro atoms. The monoisotopic (exact) mass is 456 g/mol. The van der Waals surface area contributed by atoms with Crippen molar-refractivity contribution in [3.63, 3.8) is 0 Å². The summed E-state index contributed by atoms with van der Waals surface area (Å²) in [6, 6.07) is 1.95. The molecule has 2 aliphatic rings. The summed E-state index contributed by atoms with van der Waals surface area (Å²) in [6.07, 6.45) is 3.63.